The quantitative estimate of drug-likeness (QED) is 0.855. The maximum Gasteiger partial charge on any atom is 0.162 e. The van der Waals surface area contributed by atoms with Crippen LogP contribution >= 0.6 is 0 Å². The van der Waals surface area contributed by atoms with Gasteiger partial charge >= 0.3 is 0 Å². The minimum absolute atomic E-state index is 0.212. The monoisotopic (exact) mass is 253 g/mol. The van der Waals surface area contributed by atoms with E-state index in [1.165, 1.54) is 0 Å². The summed E-state index contributed by atoms with van der Waals surface area (Å²) in [6, 6.07) is 0.212. The molecule has 1 aliphatic heterocycles. The van der Waals surface area contributed by atoms with Crippen molar-refractivity contribution in [3.8, 4) is 5.75 Å². The smallest absolute Gasteiger partial charge is 0.162 e. The first-order chi connectivity index (χ1) is 8.58. The maximum absolute atomic E-state index is 11.0. The summed E-state index contributed by atoms with van der Waals surface area (Å²) in [5, 5.41) is 18.6. The molecule has 5 heteroatoms. The van der Waals surface area contributed by atoms with E-state index < -0.39 is 5.60 Å². The Morgan fingerprint density at radius 2 is 2.22 bits per heavy atom. The van der Waals surface area contributed by atoms with E-state index in [2.05, 4.69) is 24.3 Å². The van der Waals surface area contributed by atoms with Crippen molar-refractivity contribution in [2.45, 2.75) is 44.8 Å². The van der Waals surface area contributed by atoms with Gasteiger partial charge in [0.25, 0.3) is 0 Å². The number of ether oxygens (including phenoxy) is 1. The first-order valence-electron chi connectivity index (χ1n) is 6.63. The molecule has 5 nitrogen and oxygen atoms in total. The lowest BCUT2D eigenvalue weighted by atomic mass is 9.90. The molecule has 0 spiro atoms. The zero-order chi connectivity index (χ0) is 13.2. The number of hydrogen-bond acceptors (Lipinski definition) is 4. The van der Waals surface area contributed by atoms with Gasteiger partial charge in [-0.05, 0) is 46.2 Å². The van der Waals surface area contributed by atoms with Crippen molar-refractivity contribution in [3.63, 3.8) is 0 Å². The van der Waals surface area contributed by atoms with Crippen LogP contribution in [-0.4, -0.2) is 35.1 Å². The molecule has 18 heavy (non-hydrogen) atoms. The van der Waals surface area contributed by atoms with Crippen LogP contribution in [0.4, 0.5) is 0 Å². The van der Waals surface area contributed by atoms with Crippen molar-refractivity contribution in [1.29, 1.82) is 0 Å². The zero-order valence-corrected chi connectivity index (χ0v) is 11.4. The molecule has 1 aromatic heterocycles. The van der Waals surface area contributed by atoms with E-state index in [1.54, 1.807) is 13.3 Å². The third-order valence-electron chi connectivity index (χ3n) is 3.57. The van der Waals surface area contributed by atoms with Crippen LogP contribution in [0.3, 0.4) is 0 Å². The van der Waals surface area contributed by atoms with Crippen LogP contribution in [0.5, 0.6) is 5.75 Å². The van der Waals surface area contributed by atoms with Crippen molar-refractivity contribution >= 4 is 0 Å². The highest BCUT2D eigenvalue weighted by Crippen LogP contribution is 2.38. The molecule has 0 saturated carbocycles. The Balaban J connectivity index is 2.43. The summed E-state index contributed by atoms with van der Waals surface area (Å²) in [6.07, 6.45) is 4.10. The number of nitrogens with zero attached hydrogens (tertiary/aromatic N) is 2. The van der Waals surface area contributed by atoms with Gasteiger partial charge in [-0.25, -0.2) is 0 Å². The van der Waals surface area contributed by atoms with E-state index >= 15 is 0 Å². The van der Waals surface area contributed by atoms with Gasteiger partial charge in [-0.1, -0.05) is 0 Å². The Kier molecular flexibility index (Phi) is 3.92. The van der Waals surface area contributed by atoms with E-state index in [0.717, 1.165) is 31.6 Å². The molecule has 2 N–H and O–H groups in total. The number of methoxy groups -OCH3 is 1. The number of aliphatic hydroxyl groups is 1. The fraction of sp³-hybridized carbons (Fsp3) is 0.769. The fourth-order valence-corrected chi connectivity index (χ4v) is 2.62. The van der Waals surface area contributed by atoms with Gasteiger partial charge in [-0.15, -0.1) is 0 Å². The summed E-state index contributed by atoms with van der Waals surface area (Å²) in [5.41, 5.74) is -0.0148. The standard InChI is InChI=1S/C13H23N3O2/c1-10(2)16-12(11(18-3)9-15-16)13(17)5-4-7-14-8-6-13/h9-10,14,17H,4-8H2,1-3H3. The predicted molar refractivity (Wildman–Crippen MR) is 69.8 cm³/mol. The van der Waals surface area contributed by atoms with Crippen molar-refractivity contribution in [2.24, 2.45) is 0 Å². The first kappa shape index (κ1) is 13.4. The summed E-state index contributed by atoms with van der Waals surface area (Å²) in [5.74, 6) is 0.688. The molecule has 0 radical (unpaired) electrons. The van der Waals surface area contributed by atoms with Gasteiger partial charge in [-0.2, -0.15) is 5.10 Å². The van der Waals surface area contributed by atoms with E-state index in [-0.39, 0.29) is 6.04 Å². The SMILES string of the molecule is COc1cnn(C(C)C)c1C1(O)CCCNCC1. The lowest BCUT2D eigenvalue weighted by Gasteiger charge is -2.29. The molecule has 2 rings (SSSR count). The van der Waals surface area contributed by atoms with Crippen LogP contribution in [0, 0.1) is 0 Å². The minimum Gasteiger partial charge on any atom is -0.493 e. The lowest BCUT2D eigenvalue weighted by molar-refractivity contribution is 0.0118. The third-order valence-corrected chi connectivity index (χ3v) is 3.57. The van der Waals surface area contributed by atoms with Gasteiger partial charge in [0.1, 0.15) is 11.3 Å². The number of rotatable bonds is 3. The molecule has 0 aliphatic carbocycles. The topological polar surface area (TPSA) is 59.3 Å². The van der Waals surface area contributed by atoms with Crippen molar-refractivity contribution in [2.75, 3.05) is 20.2 Å². The second-order valence-corrected chi connectivity index (χ2v) is 5.24. The Bertz CT molecular complexity index is 393. The Morgan fingerprint density at radius 1 is 1.44 bits per heavy atom. The molecule has 2 heterocycles. The number of hydrogen-bond donors (Lipinski definition) is 2. The Hall–Kier alpha value is -1.07. The molecule has 1 atom stereocenters. The molecule has 1 aromatic rings. The van der Waals surface area contributed by atoms with Gasteiger partial charge in [0.2, 0.25) is 0 Å². The van der Waals surface area contributed by atoms with Crippen molar-refractivity contribution < 1.29 is 9.84 Å². The highest BCUT2D eigenvalue weighted by molar-refractivity contribution is 5.31. The number of aromatic nitrogens is 2. The van der Waals surface area contributed by atoms with Gasteiger partial charge in [-0.3, -0.25) is 4.68 Å². The van der Waals surface area contributed by atoms with Crippen LogP contribution in [-0.2, 0) is 5.60 Å². The number of nitrogens with one attached hydrogen (secondary N) is 1. The van der Waals surface area contributed by atoms with Gasteiger partial charge < -0.3 is 15.2 Å². The molecule has 102 valence electrons. The predicted octanol–water partition coefficient (Wildman–Crippen LogP) is 1.43. The molecule has 0 amide bonds. The molecule has 0 aromatic carbocycles. The van der Waals surface area contributed by atoms with Crippen molar-refractivity contribution in [1.82, 2.24) is 15.1 Å². The largest absolute Gasteiger partial charge is 0.493 e. The second kappa shape index (κ2) is 5.28. The van der Waals surface area contributed by atoms with Crippen LogP contribution < -0.4 is 10.1 Å². The highest BCUT2D eigenvalue weighted by atomic mass is 16.5. The van der Waals surface area contributed by atoms with Crippen molar-refractivity contribution in [3.05, 3.63) is 11.9 Å². The summed E-state index contributed by atoms with van der Waals surface area (Å²) in [7, 11) is 1.63. The third kappa shape index (κ3) is 2.37. The summed E-state index contributed by atoms with van der Waals surface area (Å²) < 4.78 is 7.25. The highest BCUT2D eigenvalue weighted by Gasteiger charge is 2.37. The normalized spacial score (nSPS) is 25.2. The van der Waals surface area contributed by atoms with E-state index in [1.807, 2.05) is 4.68 Å². The Morgan fingerprint density at radius 3 is 2.89 bits per heavy atom. The zero-order valence-electron chi connectivity index (χ0n) is 11.4. The molecule has 1 aliphatic rings. The van der Waals surface area contributed by atoms with Gasteiger partial charge in [0.15, 0.2) is 5.75 Å². The summed E-state index contributed by atoms with van der Waals surface area (Å²) >= 11 is 0. The summed E-state index contributed by atoms with van der Waals surface area (Å²) in [6.45, 7) is 5.91. The van der Waals surface area contributed by atoms with Crippen LogP contribution in [0.1, 0.15) is 44.8 Å². The fourth-order valence-electron chi connectivity index (χ4n) is 2.62. The average molecular weight is 253 g/mol. The molecule has 1 fully saturated rings. The van der Waals surface area contributed by atoms with E-state index in [0.29, 0.717) is 12.2 Å². The van der Waals surface area contributed by atoms with Gasteiger partial charge in [0.05, 0.1) is 13.3 Å². The first-order valence-corrected chi connectivity index (χ1v) is 6.63. The lowest BCUT2D eigenvalue weighted by Crippen LogP contribution is -2.31. The summed E-state index contributed by atoms with van der Waals surface area (Å²) in [4.78, 5) is 0. The molecular weight excluding hydrogens is 230 g/mol. The van der Waals surface area contributed by atoms with Crippen LogP contribution in [0.15, 0.2) is 6.20 Å². The van der Waals surface area contributed by atoms with E-state index in [4.69, 9.17) is 4.74 Å². The maximum atomic E-state index is 11.0. The van der Waals surface area contributed by atoms with Gasteiger partial charge in [0, 0.05) is 6.04 Å². The second-order valence-electron chi connectivity index (χ2n) is 5.24. The van der Waals surface area contributed by atoms with E-state index in [9.17, 15) is 5.11 Å². The minimum atomic E-state index is -0.838. The molecular formula is C13H23N3O2. The molecule has 1 saturated heterocycles. The van der Waals surface area contributed by atoms with Crippen LogP contribution in [0.25, 0.3) is 0 Å². The van der Waals surface area contributed by atoms with Crippen LogP contribution in [0.2, 0.25) is 0 Å². The molecule has 1 unspecified atom stereocenters. The molecule has 0 bridgehead atoms. The average Bonchev–Trinajstić information content (AvgIpc) is 2.67. The Labute approximate surface area is 108 Å².